The fourth-order valence-electron chi connectivity index (χ4n) is 2.39. The Kier molecular flexibility index (Phi) is 6.45. The van der Waals surface area contributed by atoms with E-state index in [1.54, 1.807) is 48.9 Å². The molecule has 1 amide bonds. The Labute approximate surface area is 156 Å². The van der Waals surface area contributed by atoms with E-state index in [-0.39, 0.29) is 12.5 Å². The monoisotopic (exact) mass is 375 g/mol. The highest BCUT2D eigenvalue weighted by molar-refractivity contribution is 7.17. The molecule has 26 heavy (non-hydrogen) atoms. The molecule has 1 aromatic carbocycles. The van der Waals surface area contributed by atoms with E-state index in [0.717, 1.165) is 36.9 Å². The number of hydrogen-bond donors (Lipinski definition) is 1. The van der Waals surface area contributed by atoms with Gasteiger partial charge in [-0.05, 0) is 36.4 Å². The van der Waals surface area contributed by atoms with Crippen LogP contribution in [0.25, 0.3) is 0 Å². The van der Waals surface area contributed by atoms with Crippen molar-refractivity contribution in [2.45, 2.75) is 0 Å². The van der Waals surface area contributed by atoms with E-state index >= 15 is 0 Å². The van der Waals surface area contributed by atoms with E-state index in [4.69, 9.17) is 14.2 Å². The molecule has 0 spiro atoms. The fraction of sp³-hybridized carbons (Fsp3) is 0.333. The van der Waals surface area contributed by atoms with Crippen molar-refractivity contribution >= 4 is 28.5 Å². The number of benzene rings is 1. The van der Waals surface area contributed by atoms with Gasteiger partial charge in [0.1, 0.15) is 11.5 Å². The van der Waals surface area contributed by atoms with E-state index in [0.29, 0.717) is 5.75 Å². The van der Waals surface area contributed by atoms with E-state index < -0.39 is 0 Å². The van der Waals surface area contributed by atoms with Gasteiger partial charge in [-0.15, -0.1) is 11.3 Å². The number of rotatable bonds is 7. The largest absolute Gasteiger partial charge is 0.497 e. The Morgan fingerprint density at radius 1 is 1.23 bits per heavy atom. The van der Waals surface area contributed by atoms with Crippen LogP contribution in [0.3, 0.4) is 0 Å². The lowest BCUT2D eigenvalue weighted by Gasteiger charge is -2.27. The SMILES string of the molecule is COc1ccc(OCC(=O)NN=Cc2ccc(N3CCOCC3)s2)cc1. The number of hydrazone groups is 1. The molecular formula is C18H21N3O4S. The van der Waals surface area contributed by atoms with Crippen molar-refractivity contribution in [2.24, 2.45) is 5.10 Å². The molecule has 138 valence electrons. The number of thiophene rings is 1. The molecule has 2 heterocycles. The summed E-state index contributed by atoms with van der Waals surface area (Å²) in [5, 5.41) is 5.17. The molecule has 2 aromatic rings. The van der Waals surface area contributed by atoms with Crippen molar-refractivity contribution in [3.63, 3.8) is 0 Å². The summed E-state index contributed by atoms with van der Waals surface area (Å²) in [4.78, 5) is 15.0. The maximum Gasteiger partial charge on any atom is 0.277 e. The molecule has 0 radical (unpaired) electrons. The Balaban J connectivity index is 1.42. The number of methoxy groups -OCH3 is 1. The first-order valence-electron chi connectivity index (χ1n) is 8.26. The maximum atomic E-state index is 11.8. The van der Waals surface area contributed by atoms with E-state index in [1.807, 2.05) is 6.07 Å². The van der Waals surface area contributed by atoms with Crippen LogP contribution < -0.4 is 19.8 Å². The van der Waals surface area contributed by atoms with Crippen LogP contribution in [-0.4, -0.2) is 52.1 Å². The Bertz CT molecular complexity index is 739. The summed E-state index contributed by atoms with van der Waals surface area (Å²) in [7, 11) is 1.60. The lowest BCUT2D eigenvalue weighted by molar-refractivity contribution is -0.123. The lowest BCUT2D eigenvalue weighted by atomic mass is 10.3. The van der Waals surface area contributed by atoms with Crippen molar-refractivity contribution in [1.82, 2.24) is 5.43 Å². The average molecular weight is 375 g/mol. The minimum atomic E-state index is -0.318. The Morgan fingerprint density at radius 3 is 2.69 bits per heavy atom. The van der Waals surface area contributed by atoms with Crippen LogP contribution >= 0.6 is 11.3 Å². The molecular weight excluding hydrogens is 354 g/mol. The van der Waals surface area contributed by atoms with Crippen LogP contribution in [0.15, 0.2) is 41.5 Å². The first-order chi connectivity index (χ1) is 12.7. The minimum Gasteiger partial charge on any atom is -0.497 e. The predicted octanol–water partition coefficient (Wildman–Crippen LogP) is 2.12. The van der Waals surface area contributed by atoms with Gasteiger partial charge >= 0.3 is 0 Å². The van der Waals surface area contributed by atoms with E-state index in [1.165, 1.54) is 5.00 Å². The molecule has 0 bridgehead atoms. The smallest absolute Gasteiger partial charge is 0.277 e. The topological polar surface area (TPSA) is 72.4 Å². The Hall–Kier alpha value is -2.58. The predicted molar refractivity (Wildman–Crippen MR) is 102 cm³/mol. The molecule has 0 aliphatic carbocycles. The van der Waals surface area contributed by atoms with Gasteiger partial charge in [0.05, 0.1) is 31.5 Å². The first-order valence-corrected chi connectivity index (χ1v) is 9.07. The third-order valence-corrected chi connectivity index (χ3v) is 4.83. The molecule has 8 heteroatoms. The van der Waals surface area contributed by atoms with Crippen LogP contribution in [-0.2, 0) is 9.53 Å². The molecule has 1 aromatic heterocycles. The summed E-state index contributed by atoms with van der Waals surface area (Å²) in [6, 6.07) is 11.1. The summed E-state index contributed by atoms with van der Waals surface area (Å²) in [5.41, 5.74) is 2.47. The van der Waals surface area contributed by atoms with Crippen molar-refractivity contribution in [2.75, 3.05) is 44.9 Å². The molecule has 1 aliphatic rings. The average Bonchev–Trinajstić information content (AvgIpc) is 3.16. The van der Waals surface area contributed by atoms with E-state index in [9.17, 15) is 4.79 Å². The number of hydrogen-bond acceptors (Lipinski definition) is 7. The molecule has 1 N–H and O–H groups in total. The molecule has 1 aliphatic heterocycles. The molecule has 1 fully saturated rings. The number of amides is 1. The number of carbonyl (C=O) groups is 1. The number of morpholine rings is 1. The summed E-state index contributed by atoms with van der Waals surface area (Å²) in [6.07, 6.45) is 1.64. The summed E-state index contributed by atoms with van der Waals surface area (Å²) < 4.78 is 15.8. The van der Waals surface area contributed by atoms with Gasteiger partial charge in [-0.2, -0.15) is 5.10 Å². The zero-order valence-corrected chi connectivity index (χ0v) is 15.3. The third kappa shape index (κ3) is 5.21. The molecule has 0 unspecified atom stereocenters. The van der Waals surface area contributed by atoms with E-state index in [2.05, 4.69) is 21.5 Å². The molecule has 0 atom stereocenters. The van der Waals surface area contributed by atoms with Crippen LogP contribution in [0.1, 0.15) is 4.88 Å². The number of anilines is 1. The second-order valence-electron chi connectivity index (χ2n) is 5.53. The lowest BCUT2D eigenvalue weighted by Crippen LogP contribution is -2.35. The van der Waals surface area contributed by atoms with Crippen LogP contribution in [0.5, 0.6) is 11.5 Å². The maximum absolute atomic E-state index is 11.8. The quantitative estimate of drug-likeness (QED) is 0.593. The fourth-order valence-corrected chi connectivity index (χ4v) is 3.32. The highest BCUT2D eigenvalue weighted by Gasteiger charge is 2.12. The van der Waals surface area contributed by atoms with Crippen LogP contribution in [0, 0.1) is 0 Å². The van der Waals surface area contributed by atoms with Gasteiger partial charge in [0.15, 0.2) is 6.61 Å². The van der Waals surface area contributed by atoms with Crippen molar-refractivity contribution in [3.05, 3.63) is 41.3 Å². The summed E-state index contributed by atoms with van der Waals surface area (Å²) in [5.74, 6) is 1.01. The number of carbonyl (C=O) groups excluding carboxylic acids is 1. The molecule has 0 saturated carbocycles. The van der Waals surface area contributed by atoms with Crippen molar-refractivity contribution < 1.29 is 19.0 Å². The van der Waals surface area contributed by atoms with Crippen LogP contribution in [0.4, 0.5) is 5.00 Å². The third-order valence-electron chi connectivity index (χ3n) is 3.75. The molecule has 3 rings (SSSR count). The number of ether oxygens (including phenoxy) is 3. The minimum absolute atomic E-state index is 0.104. The standard InChI is InChI=1S/C18H21N3O4S/c1-23-14-2-4-15(5-3-14)25-13-17(22)20-19-12-16-6-7-18(26-16)21-8-10-24-11-9-21/h2-7,12H,8-11,13H2,1H3,(H,20,22). The molecule has 1 saturated heterocycles. The zero-order chi connectivity index (χ0) is 18.2. The van der Waals surface area contributed by atoms with Gasteiger partial charge in [0.2, 0.25) is 0 Å². The van der Waals surface area contributed by atoms with Gasteiger partial charge in [-0.3, -0.25) is 4.79 Å². The second kappa shape index (κ2) is 9.21. The van der Waals surface area contributed by atoms with Crippen molar-refractivity contribution in [3.8, 4) is 11.5 Å². The Morgan fingerprint density at radius 2 is 1.96 bits per heavy atom. The van der Waals surface area contributed by atoms with Crippen molar-refractivity contribution in [1.29, 1.82) is 0 Å². The van der Waals surface area contributed by atoms with Gasteiger partial charge in [0, 0.05) is 18.0 Å². The van der Waals surface area contributed by atoms with Gasteiger partial charge < -0.3 is 19.1 Å². The normalized spacial score (nSPS) is 14.4. The van der Waals surface area contributed by atoms with Crippen LogP contribution in [0.2, 0.25) is 0 Å². The van der Waals surface area contributed by atoms with Gasteiger partial charge in [-0.25, -0.2) is 5.43 Å². The highest BCUT2D eigenvalue weighted by Crippen LogP contribution is 2.25. The number of nitrogens with zero attached hydrogens (tertiary/aromatic N) is 2. The zero-order valence-electron chi connectivity index (χ0n) is 14.5. The van der Waals surface area contributed by atoms with Gasteiger partial charge in [0.25, 0.3) is 5.91 Å². The first kappa shape index (κ1) is 18.2. The second-order valence-corrected chi connectivity index (χ2v) is 6.63. The summed E-state index contributed by atoms with van der Waals surface area (Å²) in [6.45, 7) is 3.21. The summed E-state index contributed by atoms with van der Waals surface area (Å²) >= 11 is 1.63. The highest BCUT2D eigenvalue weighted by atomic mass is 32.1. The number of nitrogens with one attached hydrogen (secondary N) is 1. The van der Waals surface area contributed by atoms with Gasteiger partial charge in [-0.1, -0.05) is 0 Å². The molecule has 7 nitrogen and oxygen atoms in total.